The molecule has 0 saturated carbocycles. The van der Waals surface area contributed by atoms with Gasteiger partial charge in [-0.2, -0.15) is 0 Å². The number of hydrogen-bond acceptors (Lipinski definition) is 6. The molecule has 0 bridgehead atoms. The highest BCUT2D eigenvalue weighted by molar-refractivity contribution is 7.46. The highest BCUT2D eigenvalue weighted by atomic mass is 31.2. The van der Waals surface area contributed by atoms with E-state index in [1.54, 1.807) is 0 Å². The Balaban J connectivity index is 4.13. The lowest BCUT2D eigenvalue weighted by Gasteiger charge is -2.18. The van der Waals surface area contributed by atoms with Crippen LogP contribution in [0.5, 0.6) is 0 Å². The van der Waals surface area contributed by atoms with E-state index >= 15 is 0 Å². The van der Waals surface area contributed by atoms with Crippen LogP contribution in [0.25, 0.3) is 0 Å². The Bertz CT molecular complexity index is 1020. The van der Waals surface area contributed by atoms with Crippen LogP contribution in [0.15, 0.2) is 72.9 Å². The van der Waals surface area contributed by atoms with Gasteiger partial charge in [-0.25, -0.2) is 4.57 Å². The minimum Gasteiger partial charge on any atom is -0.462 e. The lowest BCUT2D eigenvalue weighted by atomic mass is 10.1. The molecule has 0 amide bonds. The zero-order valence-corrected chi connectivity index (χ0v) is 31.5. The standard InChI is InChI=1S/C40H67O8P/c1-3-5-7-9-11-13-15-17-18-19-20-21-22-23-25-26-28-30-32-34-39(41)46-36-38(37-47-49(43,44)45)48-40(42)35-33-31-29-27-24-16-14-12-10-8-6-4-2/h11-14,17-18,20-21,23,25,28,30,38H,3-10,15-16,19,22,24,26-27,29,31-37H2,1-2H3,(H2,43,44,45)/b13-11+,14-12+,18-17+,21-20+,25-23+,30-28+/t38-/m1/s1. The van der Waals surface area contributed by atoms with E-state index in [4.69, 9.17) is 19.3 Å². The molecule has 0 unspecified atom stereocenters. The molecule has 2 N–H and O–H groups in total. The average molecular weight is 707 g/mol. The summed E-state index contributed by atoms with van der Waals surface area (Å²) in [5.74, 6) is -0.999. The maximum Gasteiger partial charge on any atom is 0.469 e. The molecule has 9 heteroatoms. The zero-order chi connectivity index (χ0) is 36.1. The molecule has 0 aromatic heterocycles. The maximum absolute atomic E-state index is 12.3. The number of carbonyl (C=O) groups is 2. The summed E-state index contributed by atoms with van der Waals surface area (Å²) in [5, 5.41) is 0. The number of phosphoric acid groups is 1. The molecule has 0 rings (SSSR count). The molecular formula is C40H67O8P. The second kappa shape index (κ2) is 35.3. The summed E-state index contributed by atoms with van der Waals surface area (Å²) < 4.78 is 26.2. The van der Waals surface area contributed by atoms with Gasteiger partial charge < -0.3 is 19.3 Å². The van der Waals surface area contributed by atoms with Gasteiger partial charge in [-0.05, 0) is 77.0 Å². The van der Waals surface area contributed by atoms with Crippen molar-refractivity contribution in [3.8, 4) is 0 Å². The van der Waals surface area contributed by atoms with Crippen molar-refractivity contribution in [2.45, 2.75) is 155 Å². The van der Waals surface area contributed by atoms with Crippen molar-refractivity contribution < 1.29 is 37.9 Å². The highest BCUT2D eigenvalue weighted by Gasteiger charge is 2.22. The predicted octanol–water partition coefficient (Wildman–Crippen LogP) is 11.1. The summed E-state index contributed by atoms with van der Waals surface area (Å²) in [5.41, 5.74) is 0. The van der Waals surface area contributed by atoms with Gasteiger partial charge >= 0.3 is 19.8 Å². The number of hydrogen-bond donors (Lipinski definition) is 2. The van der Waals surface area contributed by atoms with Gasteiger partial charge in [0.2, 0.25) is 0 Å². The molecule has 280 valence electrons. The lowest BCUT2D eigenvalue weighted by Crippen LogP contribution is -2.29. The number of ether oxygens (including phenoxy) is 2. The van der Waals surface area contributed by atoms with Crippen LogP contribution in [0.4, 0.5) is 0 Å². The molecule has 0 saturated heterocycles. The van der Waals surface area contributed by atoms with Crippen molar-refractivity contribution in [1.82, 2.24) is 0 Å². The van der Waals surface area contributed by atoms with Crippen molar-refractivity contribution in [3.05, 3.63) is 72.9 Å². The van der Waals surface area contributed by atoms with E-state index in [2.05, 4.69) is 79.1 Å². The number of rotatable bonds is 33. The predicted molar refractivity (Wildman–Crippen MR) is 202 cm³/mol. The van der Waals surface area contributed by atoms with Crippen LogP contribution in [0, 0.1) is 0 Å². The monoisotopic (exact) mass is 706 g/mol. The van der Waals surface area contributed by atoms with Crippen LogP contribution < -0.4 is 0 Å². The highest BCUT2D eigenvalue weighted by Crippen LogP contribution is 2.35. The molecule has 0 fully saturated rings. The van der Waals surface area contributed by atoms with Crippen LogP contribution in [-0.4, -0.2) is 41.0 Å². The fraction of sp³-hybridized carbons (Fsp3) is 0.650. The van der Waals surface area contributed by atoms with Crippen LogP contribution in [-0.2, 0) is 28.2 Å². The summed E-state index contributed by atoms with van der Waals surface area (Å²) in [6.45, 7) is 3.53. The Morgan fingerprint density at radius 3 is 1.47 bits per heavy atom. The largest absolute Gasteiger partial charge is 0.469 e. The quantitative estimate of drug-likeness (QED) is 0.0299. The van der Waals surface area contributed by atoms with Gasteiger partial charge in [-0.15, -0.1) is 0 Å². The van der Waals surface area contributed by atoms with Crippen molar-refractivity contribution in [1.29, 1.82) is 0 Å². The van der Waals surface area contributed by atoms with Gasteiger partial charge in [0, 0.05) is 12.8 Å². The summed E-state index contributed by atoms with van der Waals surface area (Å²) in [6, 6.07) is 0. The summed E-state index contributed by atoms with van der Waals surface area (Å²) in [6.07, 6.45) is 44.9. The van der Waals surface area contributed by atoms with Crippen LogP contribution >= 0.6 is 7.82 Å². The Hall–Kier alpha value is -2.51. The topological polar surface area (TPSA) is 119 Å². The van der Waals surface area contributed by atoms with Gasteiger partial charge in [0.1, 0.15) is 6.61 Å². The van der Waals surface area contributed by atoms with Crippen LogP contribution in [0.3, 0.4) is 0 Å². The van der Waals surface area contributed by atoms with Crippen molar-refractivity contribution >= 4 is 19.8 Å². The number of unbranched alkanes of at least 4 members (excludes halogenated alkanes) is 11. The molecule has 0 heterocycles. The minimum atomic E-state index is -4.77. The summed E-state index contributed by atoms with van der Waals surface area (Å²) in [4.78, 5) is 42.6. The molecule has 0 aliphatic rings. The van der Waals surface area contributed by atoms with E-state index in [0.717, 1.165) is 64.2 Å². The number of phosphoric ester groups is 1. The van der Waals surface area contributed by atoms with Crippen LogP contribution in [0.1, 0.15) is 149 Å². The smallest absolute Gasteiger partial charge is 0.462 e. The third kappa shape index (κ3) is 38.1. The molecule has 1 atom stereocenters. The molecule has 0 aromatic carbocycles. The van der Waals surface area contributed by atoms with Crippen molar-refractivity contribution in [2.75, 3.05) is 13.2 Å². The number of esters is 2. The summed E-state index contributed by atoms with van der Waals surface area (Å²) in [7, 11) is -4.77. The molecule has 0 spiro atoms. The first-order chi connectivity index (χ1) is 23.8. The van der Waals surface area contributed by atoms with Gasteiger partial charge in [0.25, 0.3) is 0 Å². The van der Waals surface area contributed by atoms with Gasteiger partial charge in [0.05, 0.1) is 6.61 Å². The molecule has 0 radical (unpaired) electrons. The third-order valence-corrected chi connectivity index (χ3v) is 7.95. The van der Waals surface area contributed by atoms with Gasteiger partial charge in [-0.1, -0.05) is 132 Å². The summed E-state index contributed by atoms with van der Waals surface area (Å²) >= 11 is 0. The van der Waals surface area contributed by atoms with E-state index in [1.807, 2.05) is 12.2 Å². The number of carbonyl (C=O) groups excluding carboxylic acids is 2. The SMILES string of the molecule is CCCCC/C=C/C/C=C/C/C=C/C/C=C/C/C=C/CCC(=O)OC[C@H](COP(=O)(O)O)OC(=O)CCCCCCC/C=C/CCCCC. The lowest BCUT2D eigenvalue weighted by molar-refractivity contribution is -0.161. The van der Waals surface area contributed by atoms with E-state index in [1.165, 1.54) is 44.9 Å². The molecule has 49 heavy (non-hydrogen) atoms. The van der Waals surface area contributed by atoms with Crippen molar-refractivity contribution in [2.24, 2.45) is 0 Å². The fourth-order valence-electron chi connectivity index (χ4n) is 4.64. The maximum atomic E-state index is 12.3. The first kappa shape index (κ1) is 46.5. The Morgan fingerprint density at radius 2 is 0.959 bits per heavy atom. The second-order valence-corrected chi connectivity index (χ2v) is 13.4. The third-order valence-electron chi connectivity index (χ3n) is 7.46. The van der Waals surface area contributed by atoms with E-state index < -0.39 is 32.5 Å². The van der Waals surface area contributed by atoms with Crippen molar-refractivity contribution in [3.63, 3.8) is 0 Å². The number of allylic oxidation sites excluding steroid dienone is 12. The zero-order valence-electron chi connectivity index (χ0n) is 30.6. The molecule has 0 aromatic rings. The van der Waals surface area contributed by atoms with Gasteiger partial charge in [0.15, 0.2) is 6.10 Å². The Morgan fingerprint density at radius 1 is 0.531 bits per heavy atom. The van der Waals surface area contributed by atoms with Crippen LogP contribution in [0.2, 0.25) is 0 Å². The Kier molecular flexibility index (Phi) is 33.5. The van der Waals surface area contributed by atoms with E-state index in [0.29, 0.717) is 12.8 Å². The fourth-order valence-corrected chi connectivity index (χ4v) is 5.00. The first-order valence-corrected chi connectivity index (χ1v) is 20.3. The average Bonchev–Trinajstić information content (AvgIpc) is 3.07. The molecule has 0 aliphatic heterocycles. The first-order valence-electron chi connectivity index (χ1n) is 18.7. The minimum absolute atomic E-state index is 0.139. The van der Waals surface area contributed by atoms with E-state index in [-0.39, 0.29) is 19.4 Å². The van der Waals surface area contributed by atoms with E-state index in [9.17, 15) is 14.2 Å². The molecular weight excluding hydrogens is 639 g/mol. The molecule has 8 nitrogen and oxygen atoms in total. The second-order valence-electron chi connectivity index (χ2n) is 12.2. The normalized spacial score (nSPS) is 13.3. The molecule has 0 aliphatic carbocycles. The Labute approximate surface area is 298 Å². The van der Waals surface area contributed by atoms with Gasteiger partial charge in [-0.3, -0.25) is 14.1 Å².